The first kappa shape index (κ1) is 45.2. The summed E-state index contributed by atoms with van der Waals surface area (Å²) in [6.07, 6.45) is 0. The van der Waals surface area contributed by atoms with Gasteiger partial charge >= 0.3 is 226 Å². The number of hydrogen-bond acceptors (Lipinski definition) is 35. The highest BCUT2D eigenvalue weighted by molar-refractivity contribution is 6.91. The molecule has 0 aliphatic carbocycles. The van der Waals surface area contributed by atoms with E-state index >= 15 is 0 Å². The zero-order valence-electron chi connectivity index (χ0n) is 29.7. The molecule has 18 heterocycles. The standard InChI is InChI=1S/C5H9O35Si24/c1(62-32-42-4-41-6-43-9-44(8-42)17-55(34-62)19-47(10-43)18-54(7-41)33-62)5(2-63-35-56-20-48-11-45-12-49(22-56)24-58(37-63)25-50(13-45)23-57(21-48)36-63)3-64-38-59-26-51-14-46-15-52(28-59)30-61(40-64)31-53(16-46)29-60(27-51)39-64/h5H,1-4H2. The van der Waals surface area contributed by atoms with Crippen LogP contribution in [0.25, 0.3) is 0 Å². The maximum atomic E-state index is 6.96. The second-order valence-corrected chi connectivity index (χ2v) is 59.1. The van der Waals surface area contributed by atoms with E-state index in [0.717, 1.165) is 0 Å². The summed E-state index contributed by atoms with van der Waals surface area (Å²) in [5.74, 6) is -0.893. The predicted octanol–water partition coefficient (Wildman–Crippen LogP) is -9.57. The van der Waals surface area contributed by atoms with Crippen molar-refractivity contribution in [2.24, 2.45) is 5.92 Å². The predicted molar refractivity (Wildman–Crippen MR) is 199 cm³/mol. The van der Waals surface area contributed by atoms with Crippen LogP contribution in [0.5, 0.6) is 0 Å². The second kappa shape index (κ2) is 18.0. The molecule has 18 aliphatic heterocycles. The molecule has 18 aliphatic rings. The van der Waals surface area contributed by atoms with E-state index in [0.29, 0.717) is 0 Å². The minimum Gasteiger partial charge on any atom is -0.393 e. The van der Waals surface area contributed by atoms with Crippen molar-refractivity contribution in [3.8, 4) is 0 Å². The zero-order chi connectivity index (χ0) is 41.8. The highest BCUT2D eigenvalue weighted by atomic mass is 28.6. The van der Waals surface area contributed by atoms with Crippen molar-refractivity contribution in [1.82, 2.24) is 0 Å². The molecule has 18 saturated heterocycles. The van der Waals surface area contributed by atoms with Gasteiger partial charge in [-0.15, -0.1) is 0 Å². The van der Waals surface area contributed by atoms with Crippen molar-refractivity contribution in [3.05, 3.63) is 0 Å². The molecular weight excluding hydrogens is 1290 g/mol. The van der Waals surface area contributed by atoms with Gasteiger partial charge in [-0.2, -0.15) is 0 Å². The third-order valence-electron chi connectivity index (χ3n) is 8.51. The van der Waals surface area contributed by atoms with Gasteiger partial charge in [0.25, 0.3) is 0 Å². The quantitative estimate of drug-likeness (QED) is 0.223. The van der Waals surface area contributed by atoms with Crippen molar-refractivity contribution in [2.75, 3.05) is 0 Å². The molecule has 64 heavy (non-hydrogen) atoms. The van der Waals surface area contributed by atoms with Crippen molar-refractivity contribution in [2.45, 2.75) is 23.8 Å². The van der Waals surface area contributed by atoms with Crippen LogP contribution in [0.15, 0.2) is 0 Å². The third-order valence-corrected chi connectivity index (χ3v) is 66.9. The first-order valence-electron chi connectivity index (χ1n) is 17.3. The van der Waals surface area contributed by atoms with Crippen LogP contribution in [0.4, 0.5) is 0 Å². The molecule has 21 radical (unpaired) electrons. The Morgan fingerprint density at radius 3 is 0.688 bits per heavy atom. The monoisotopic (exact) mass is 1300 g/mol. The van der Waals surface area contributed by atoms with Gasteiger partial charge in [0.05, 0.1) is 0 Å². The SMILES string of the molecule is C1[Si]2O[Si]3O[Si]4O[Si]1O[Si]1(CC(C[Si]56O[Si]7O[Si]8O[Si]9O[Si](O7)O[Si](O[Si](O9)O[Si](O8)O5)O6)C[Si]56O[Si]7O[Si]8O[Si]9O[Si](O7)O[Si](O[Si](O9)O[Si](O8)O5)O6)O[Si](O2)O[Si](O3)O[Si](O4)O1. The minimum absolute atomic E-state index is 0.138. The molecule has 18 rings (SSSR count). The second-order valence-electron chi connectivity index (χ2n) is 12.8. The summed E-state index contributed by atoms with van der Waals surface area (Å²) in [5, 5.41) is 0. The van der Waals surface area contributed by atoms with Crippen LogP contribution in [0.2, 0.25) is 23.8 Å². The van der Waals surface area contributed by atoms with Gasteiger partial charge in [0.2, 0.25) is 0 Å². The Labute approximate surface area is 396 Å². The molecule has 18 fully saturated rings. The minimum atomic E-state index is -4.36. The Morgan fingerprint density at radius 1 is 0.219 bits per heavy atom. The Hall–Kier alpha value is 3.81. The highest BCUT2D eigenvalue weighted by Gasteiger charge is 2.71. The fourth-order valence-electron chi connectivity index (χ4n) is 6.36. The summed E-state index contributed by atoms with van der Waals surface area (Å²) in [6.45, 7) is 0. The van der Waals surface area contributed by atoms with E-state index in [9.17, 15) is 0 Å². The average molecular weight is 1300 g/mol. The van der Waals surface area contributed by atoms with Crippen LogP contribution in [0, 0.1) is 5.92 Å². The Balaban J connectivity index is 0.833. The fraction of sp³-hybridized carbons (Fsp3) is 1.00. The lowest BCUT2D eigenvalue weighted by molar-refractivity contribution is 0.0282. The largest absolute Gasteiger partial charge is 0.553 e. The molecule has 0 aromatic rings. The summed E-state index contributed by atoms with van der Waals surface area (Å²) >= 11 is 0. The molecule has 0 aromatic carbocycles. The van der Waals surface area contributed by atoms with Gasteiger partial charge in [-0.25, -0.2) is 0 Å². The fourth-order valence-corrected chi connectivity index (χ4v) is 79.0. The van der Waals surface area contributed by atoms with Crippen molar-refractivity contribution in [1.29, 1.82) is 0 Å². The van der Waals surface area contributed by atoms with Crippen LogP contribution in [0.1, 0.15) is 0 Å². The molecular formula is C5H9O35Si24. The van der Waals surface area contributed by atoms with Crippen molar-refractivity contribution >= 4 is 226 Å². The summed E-state index contributed by atoms with van der Waals surface area (Å²) in [6, 6.07) is -0.492. The summed E-state index contributed by atoms with van der Waals surface area (Å²) in [7, 11) is -68.8. The van der Waals surface area contributed by atoms with E-state index in [2.05, 4.69) is 0 Å². The normalized spacial score (nSPS) is 38.2. The van der Waals surface area contributed by atoms with Crippen LogP contribution >= 0.6 is 0 Å². The van der Waals surface area contributed by atoms with E-state index < -0.39 is 232 Å². The van der Waals surface area contributed by atoms with E-state index in [1.54, 1.807) is 0 Å². The Bertz CT molecular complexity index is 1360. The van der Waals surface area contributed by atoms with Crippen molar-refractivity contribution < 1.29 is 144 Å². The van der Waals surface area contributed by atoms with E-state index in [-0.39, 0.29) is 23.8 Å². The maximum Gasteiger partial charge on any atom is 0.553 e. The van der Waals surface area contributed by atoms with E-state index in [1.807, 2.05) is 0 Å². The first-order chi connectivity index (χ1) is 31.2. The molecule has 0 N–H and O–H groups in total. The average Bonchev–Trinajstić information content (AvgIpc) is 3.06. The molecule has 0 aromatic heterocycles. The van der Waals surface area contributed by atoms with Crippen LogP contribution in [-0.2, 0) is 144 Å². The summed E-state index contributed by atoms with van der Waals surface area (Å²) in [4.78, 5) is 0. The zero-order valence-corrected chi connectivity index (χ0v) is 53.7. The van der Waals surface area contributed by atoms with Crippen LogP contribution < -0.4 is 0 Å². The summed E-state index contributed by atoms with van der Waals surface area (Å²) in [5.41, 5.74) is 0.244. The number of rotatable bonds is 6. The lowest BCUT2D eigenvalue weighted by Crippen LogP contribution is -2.73. The lowest BCUT2D eigenvalue weighted by atomic mass is 10.3. The molecule has 59 heteroatoms. The maximum absolute atomic E-state index is 6.96. The molecule has 0 saturated carbocycles. The molecule has 35 nitrogen and oxygen atoms in total. The molecule has 335 valence electrons. The third kappa shape index (κ3) is 9.36. The Morgan fingerprint density at radius 2 is 0.406 bits per heavy atom. The van der Waals surface area contributed by atoms with Crippen LogP contribution in [-0.4, -0.2) is 226 Å². The lowest BCUT2D eigenvalue weighted by Gasteiger charge is -2.48. The first-order valence-corrected chi connectivity index (χ1v) is 49.4. The molecule has 0 spiro atoms. The molecule has 0 amide bonds. The molecule has 24 bridgehead atoms. The van der Waals surface area contributed by atoms with Gasteiger partial charge < -0.3 is 144 Å². The van der Waals surface area contributed by atoms with Crippen LogP contribution in [0.3, 0.4) is 0 Å². The number of hydrogen-bond donors (Lipinski definition) is 0. The Kier molecular flexibility index (Phi) is 12.7. The summed E-state index contributed by atoms with van der Waals surface area (Å²) < 4.78 is 221. The van der Waals surface area contributed by atoms with E-state index in [1.165, 1.54) is 0 Å². The van der Waals surface area contributed by atoms with Crippen molar-refractivity contribution in [3.63, 3.8) is 0 Å². The van der Waals surface area contributed by atoms with Gasteiger partial charge in [0.15, 0.2) is 0 Å². The van der Waals surface area contributed by atoms with Gasteiger partial charge in [-0.05, 0) is 5.92 Å². The highest BCUT2D eigenvalue weighted by Crippen LogP contribution is 2.44. The molecule has 1 unspecified atom stereocenters. The van der Waals surface area contributed by atoms with Gasteiger partial charge in [0.1, 0.15) is 0 Å². The van der Waals surface area contributed by atoms with E-state index in [4.69, 9.17) is 144 Å². The molecule has 1 atom stereocenters. The topological polar surface area (TPSA) is 323 Å². The smallest absolute Gasteiger partial charge is 0.393 e. The van der Waals surface area contributed by atoms with Gasteiger partial charge in [0, 0.05) is 23.8 Å². The van der Waals surface area contributed by atoms with Gasteiger partial charge in [-0.1, -0.05) is 0 Å². The van der Waals surface area contributed by atoms with Gasteiger partial charge in [-0.3, -0.25) is 0 Å².